The van der Waals surface area contributed by atoms with Gasteiger partial charge in [0.05, 0.1) is 4.92 Å². The maximum absolute atomic E-state index is 12.1. The Morgan fingerprint density at radius 2 is 2.14 bits per heavy atom. The Balaban J connectivity index is 2.10. The minimum atomic E-state index is -0.575. The van der Waals surface area contributed by atoms with Crippen LogP contribution in [0.4, 0.5) is 15.8 Å². The minimum absolute atomic E-state index is 0.139. The van der Waals surface area contributed by atoms with E-state index in [-0.39, 0.29) is 16.0 Å². The monoisotopic (exact) mass is 320 g/mol. The second-order valence-corrected chi connectivity index (χ2v) is 5.21. The molecular formula is C13H12N4O4S. The highest BCUT2D eigenvalue weighted by molar-refractivity contribution is 7.18. The summed E-state index contributed by atoms with van der Waals surface area (Å²) in [4.78, 5) is 37.2. The molecule has 2 N–H and O–H groups in total. The topological polar surface area (TPSA) is 114 Å². The first-order valence-corrected chi connectivity index (χ1v) is 7.12. The number of nitrogens with one attached hydrogen (secondary N) is 2. The summed E-state index contributed by atoms with van der Waals surface area (Å²) < 4.78 is 0. The second-order valence-electron chi connectivity index (χ2n) is 4.20. The number of aromatic nitrogens is 1. The quantitative estimate of drug-likeness (QED) is 0.649. The van der Waals surface area contributed by atoms with Gasteiger partial charge in [-0.15, -0.1) is 0 Å². The number of nitrogens with zero attached hydrogens (tertiary/aromatic N) is 2. The number of thiazole rings is 1. The van der Waals surface area contributed by atoms with Crippen LogP contribution in [0, 0.1) is 10.1 Å². The van der Waals surface area contributed by atoms with Crippen LogP contribution in [-0.4, -0.2) is 21.7 Å². The smallest absolute Gasteiger partial charge is 0.326 e. The highest BCUT2D eigenvalue weighted by Crippen LogP contribution is 2.25. The van der Waals surface area contributed by atoms with Crippen LogP contribution in [0.1, 0.15) is 23.7 Å². The van der Waals surface area contributed by atoms with Crippen LogP contribution in [0.3, 0.4) is 0 Å². The van der Waals surface area contributed by atoms with Gasteiger partial charge >= 0.3 is 5.00 Å². The molecule has 1 aromatic heterocycles. The van der Waals surface area contributed by atoms with E-state index in [4.69, 9.17) is 0 Å². The van der Waals surface area contributed by atoms with Gasteiger partial charge in [0, 0.05) is 17.7 Å². The molecule has 8 nitrogen and oxygen atoms in total. The number of hydrogen-bond donors (Lipinski definition) is 2. The molecule has 9 heteroatoms. The Kier molecular flexibility index (Phi) is 4.79. The van der Waals surface area contributed by atoms with E-state index in [1.807, 2.05) is 0 Å². The summed E-state index contributed by atoms with van der Waals surface area (Å²) in [5, 5.41) is 15.7. The van der Waals surface area contributed by atoms with Crippen molar-refractivity contribution in [2.24, 2.45) is 0 Å². The van der Waals surface area contributed by atoms with Gasteiger partial charge in [-0.25, -0.2) is 4.98 Å². The van der Waals surface area contributed by atoms with Crippen molar-refractivity contribution < 1.29 is 14.5 Å². The molecule has 0 saturated carbocycles. The molecule has 114 valence electrons. The highest BCUT2D eigenvalue weighted by Gasteiger charge is 2.14. The molecule has 2 aromatic rings. The lowest BCUT2D eigenvalue weighted by Gasteiger charge is -2.06. The normalized spacial score (nSPS) is 10.0. The molecule has 0 radical (unpaired) electrons. The molecule has 0 spiro atoms. The SMILES string of the molecule is CCC(=O)Nc1cccc(C(=O)Nc2ncc([N+](=O)[O-])s2)c1. The number of nitro groups is 1. The van der Waals surface area contributed by atoms with E-state index < -0.39 is 10.8 Å². The third-order valence-corrected chi connectivity index (χ3v) is 3.49. The average molecular weight is 320 g/mol. The van der Waals surface area contributed by atoms with Crippen LogP contribution in [-0.2, 0) is 4.79 Å². The summed E-state index contributed by atoms with van der Waals surface area (Å²) in [6, 6.07) is 6.38. The van der Waals surface area contributed by atoms with Crippen molar-refractivity contribution in [3.05, 3.63) is 46.1 Å². The highest BCUT2D eigenvalue weighted by atomic mass is 32.1. The zero-order valence-corrected chi connectivity index (χ0v) is 12.3. The van der Waals surface area contributed by atoms with E-state index >= 15 is 0 Å². The molecule has 0 aliphatic heterocycles. The van der Waals surface area contributed by atoms with Crippen molar-refractivity contribution in [1.29, 1.82) is 0 Å². The summed E-state index contributed by atoms with van der Waals surface area (Å²) in [5.41, 5.74) is 0.816. The third kappa shape index (κ3) is 3.85. The largest absolute Gasteiger partial charge is 0.345 e. The van der Waals surface area contributed by atoms with Crippen molar-refractivity contribution in [2.75, 3.05) is 10.6 Å². The number of carbonyl (C=O) groups is 2. The standard InChI is InChI=1S/C13H12N4O4S/c1-2-10(18)15-9-5-3-4-8(6-9)12(19)16-13-14-7-11(22-13)17(20)21/h3-7H,2H2,1H3,(H,15,18)(H,14,16,19). The third-order valence-electron chi connectivity index (χ3n) is 2.62. The van der Waals surface area contributed by atoms with E-state index in [0.717, 1.165) is 17.5 Å². The molecule has 2 rings (SSSR count). The maximum atomic E-state index is 12.1. The van der Waals surface area contributed by atoms with E-state index in [2.05, 4.69) is 15.6 Å². The van der Waals surface area contributed by atoms with E-state index in [0.29, 0.717) is 17.7 Å². The fourth-order valence-electron chi connectivity index (χ4n) is 1.56. The lowest BCUT2D eigenvalue weighted by atomic mass is 10.2. The zero-order chi connectivity index (χ0) is 16.1. The van der Waals surface area contributed by atoms with Gasteiger partial charge in [0.2, 0.25) is 5.91 Å². The Morgan fingerprint density at radius 3 is 2.77 bits per heavy atom. The van der Waals surface area contributed by atoms with Crippen LogP contribution < -0.4 is 10.6 Å². The fourth-order valence-corrected chi connectivity index (χ4v) is 2.19. The molecule has 0 fully saturated rings. The molecule has 0 aliphatic carbocycles. The molecule has 0 saturated heterocycles. The molecule has 0 bridgehead atoms. The molecule has 2 amide bonds. The molecule has 0 atom stereocenters. The van der Waals surface area contributed by atoms with Crippen molar-refractivity contribution in [2.45, 2.75) is 13.3 Å². The van der Waals surface area contributed by atoms with Crippen molar-refractivity contribution in [3.8, 4) is 0 Å². The minimum Gasteiger partial charge on any atom is -0.326 e. The number of anilines is 2. The van der Waals surface area contributed by atoms with Crippen LogP contribution >= 0.6 is 11.3 Å². The Hall–Kier alpha value is -2.81. The van der Waals surface area contributed by atoms with Gasteiger partial charge in [-0.05, 0) is 29.5 Å². The first-order valence-electron chi connectivity index (χ1n) is 6.31. The molecule has 0 unspecified atom stereocenters. The van der Waals surface area contributed by atoms with Crippen LogP contribution in [0.15, 0.2) is 30.5 Å². The lowest BCUT2D eigenvalue weighted by molar-refractivity contribution is -0.380. The van der Waals surface area contributed by atoms with Gasteiger partial charge in [-0.3, -0.25) is 25.0 Å². The van der Waals surface area contributed by atoms with Crippen LogP contribution in [0.2, 0.25) is 0 Å². The average Bonchev–Trinajstić information content (AvgIpc) is 2.96. The van der Waals surface area contributed by atoms with Gasteiger partial charge < -0.3 is 5.32 Å². The number of hydrogen-bond acceptors (Lipinski definition) is 6. The van der Waals surface area contributed by atoms with Crippen molar-refractivity contribution in [3.63, 3.8) is 0 Å². The summed E-state index contributed by atoms with van der Waals surface area (Å²) in [5.74, 6) is -0.620. The zero-order valence-electron chi connectivity index (χ0n) is 11.5. The van der Waals surface area contributed by atoms with Gasteiger partial charge in [-0.1, -0.05) is 13.0 Å². The van der Waals surface area contributed by atoms with Crippen LogP contribution in [0.5, 0.6) is 0 Å². The Morgan fingerprint density at radius 1 is 1.36 bits per heavy atom. The second kappa shape index (κ2) is 6.76. The molecular weight excluding hydrogens is 308 g/mol. The lowest BCUT2D eigenvalue weighted by Crippen LogP contribution is -2.13. The predicted molar refractivity (Wildman–Crippen MR) is 82.1 cm³/mol. The summed E-state index contributed by atoms with van der Waals surface area (Å²) in [6.07, 6.45) is 1.41. The van der Waals surface area contributed by atoms with Gasteiger partial charge in [0.1, 0.15) is 6.20 Å². The van der Waals surface area contributed by atoms with Gasteiger partial charge in [-0.2, -0.15) is 0 Å². The first-order chi connectivity index (χ1) is 10.5. The van der Waals surface area contributed by atoms with Crippen molar-refractivity contribution >= 4 is 39.0 Å². The molecule has 1 aromatic carbocycles. The Labute approximate surface area is 129 Å². The summed E-state index contributed by atoms with van der Waals surface area (Å²) in [7, 11) is 0. The summed E-state index contributed by atoms with van der Waals surface area (Å²) >= 11 is 0.771. The van der Waals surface area contributed by atoms with Crippen LogP contribution in [0.25, 0.3) is 0 Å². The van der Waals surface area contributed by atoms with E-state index in [9.17, 15) is 19.7 Å². The van der Waals surface area contributed by atoms with E-state index in [1.165, 1.54) is 6.07 Å². The van der Waals surface area contributed by atoms with Crippen molar-refractivity contribution in [1.82, 2.24) is 4.98 Å². The number of rotatable bonds is 5. The fraction of sp³-hybridized carbons (Fsp3) is 0.154. The number of amides is 2. The molecule has 22 heavy (non-hydrogen) atoms. The maximum Gasteiger partial charge on any atom is 0.345 e. The molecule has 1 heterocycles. The summed E-state index contributed by atoms with van der Waals surface area (Å²) in [6.45, 7) is 1.72. The number of carbonyl (C=O) groups excluding carboxylic acids is 2. The number of benzene rings is 1. The Bertz CT molecular complexity index is 728. The van der Waals surface area contributed by atoms with Gasteiger partial charge in [0.25, 0.3) is 5.91 Å². The first kappa shape index (κ1) is 15.6. The molecule has 0 aliphatic rings. The predicted octanol–water partition coefficient (Wildman–Crippen LogP) is 2.65. The van der Waals surface area contributed by atoms with E-state index in [1.54, 1.807) is 25.1 Å². The van der Waals surface area contributed by atoms with Gasteiger partial charge in [0.15, 0.2) is 5.13 Å².